The van der Waals surface area contributed by atoms with Gasteiger partial charge in [-0.2, -0.15) is 0 Å². The third-order valence-electron chi connectivity index (χ3n) is 2.94. The first-order valence-electron chi connectivity index (χ1n) is 6.16. The largest absolute Gasteiger partial charge is 0.506 e. The van der Waals surface area contributed by atoms with Gasteiger partial charge in [0.25, 0.3) is 0 Å². The second-order valence-corrected chi connectivity index (χ2v) is 4.41. The Hall–Kier alpha value is -2.86. The summed E-state index contributed by atoms with van der Waals surface area (Å²) in [5, 5.41) is 21.0. The van der Waals surface area contributed by atoms with E-state index in [9.17, 15) is 14.7 Å². The molecule has 0 saturated heterocycles. The van der Waals surface area contributed by atoms with E-state index < -0.39 is 17.9 Å². The number of amides is 1. The number of hydrogen-bond acceptors (Lipinski definition) is 4. The highest BCUT2D eigenvalue weighted by Crippen LogP contribution is 2.25. The van der Waals surface area contributed by atoms with Crippen molar-refractivity contribution in [3.05, 3.63) is 59.7 Å². The molecule has 0 unspecified atom stereocenters. The Bertz CT molecular complexity index is 671. The Kier molecular flexibility index (Phi) is 4.20. The van der Waals surface area contributed by atoms with Gasteiger partial charge in [0.2, 0.25) is 5.91 Å². The zero-order valence-electron chi connectivity index (χ0n) is 11.0. The van der Waals surface area contributed by atoms with Gasteiger partial charge in [-0.25, -0.2) is 4.79 Å². The van der Waals surface area contributed by atoms with Crippen molar-refractivity contribution in [2.75, 3.05) is 5.32 Å². The molecule has 0 aliphatic carbocycles. The topological polar surface area (TPSA) is 113 Å². The zero-order valence-corrected chi connectivity index (χ0v) is 11.0. The van der Waals surface area contributed by atoms with E-state index in [0.29, 0.717) is 5.56 Å². The Morgan fingerprint density at radius 3 is 2.38 bits per heavy atom. The smallest absolute Gasteiger partial charge is 0.335 e. The number of phenols is 1. The Labute approximate surface area is 120 Å². The van der Waals surface area contributed by atoms with Crippen LogP contribution in [0.3, 0.4) is 0 Å². The molecule has 0 aliphatic rings. The van der Waals surface area contributed by atoms with Crippen LogP contribution in [-0.4, -0.2) is 22.1 Å². The summed E-state index contributed by atoms with van der Waals surface area (Å²) in [6.45, 7) is 0. The van der Waals surface area contributed by atoms with Gasteiger partial charge >= 0.3 is 5.97 Å². The summed E-state index contributed by atoms with van der Waals surface area (Å²) in [6.07, 6.45) is 0. The quantitative estimate of drug-likeness (QED) is 0.639. The van der Waals surface area contributed by atoms with Gasteiger partial charge in [0.1, 0.15) is 11.8 Å². The van der Waals surface area contributed by atoms with Crippen molar-refractivity contribution in [1.82, 2.24) is 0 Å². The van der Waals surface area contributed by atoms with Crippen LogP contribution in [0.15, 0.2) is 48.5 Å². The minimum atomic E-state index is -1.15. The van der Waals surface area contributed by atoms with Crippen LogP contribution in [0.25, 0.3) is 0 Å². The molecule has 108 valence electrons. The number of carbonyl (C=O) groups is 2. The number of carboxylic acids is 1. The second kappa shape index (κ2) is 6.06. The lowest BCUT2D eigenvalue weighted by atomic mass is 10.1. The van der Waals surface area contributed by atoms with Crippen molar-refractivity contribution in [3.63, 3.8) is 0 Å². The number of nitrogens with two attached hydrogens (primary N) is 1. The molecule has 2 aromatic carbocycles. The molecule has 2 rings (SSSR count). The Morgan fingerprint density at radius 1 is 1.10 bits per heavy atom. The maximum atomic E-state index is 12.1. The maximum Gasteiger partial charge on any atom is 0.335 e. The predicted octanol–water partition coefficient (Wildman–Crippen LogP) is 1.73. The summed E-state index contributed by atoms with van der Waals surface area (Å²) in [4.78, 5) is 22.9. The van der Waals surface area contributed by atoms with E-state index in [0.717, 1.165) is 0 Å². The van der Waals surface area contributed by atoms with E-state index in [1.54, 1.807) is 30.3 Å². The first-order chi connectivity index (χ1) is 9.99. The van der Waals surface area contributed by atoms with Gasteiger partial charge in [0.05, 0.1) is 11.3 Å². The lowest BCUT2D eigenvalue weighted by Gasteiger charge is -2.13. The van der Waals surface area contributed by atoms with E-state index >= 15 is 0 Å². The molecule has 0 heterocycles. The Balaban J connectivity index is 2.20. The van der Waals surface area contributed by atoms with Crippen molar-refractivity contribution >= 4 is 17.6 Å². The number of aromatic hydroxyl groups is 1. The molecule has 0 spiro atoms. The fourth-order valence-corrected chi connectivity index (χ4v) is 1.79. The molecule has 2 aromatic rings. The molecule has 1 amide bonds. The van der Waals surface area contributed by atoms with E-state index in [2.05, 4.69) is 5.32 Å². The average molecular weight is 286 g/mol. The highest BCUT2D eigenvalue weighted by molar-refractivity contribution is 5.98. The maximum absolute atomic E-state index is 12.1. The summed E-state index contributed by atoms with van der Waals surface area (Å²) >= 11 is 0. The third kappa shape index (κ3) is 3.37. The summed E-state index contributed by atoms with van der Waals surface area (Å²) in [5.74, 6) is -1.93. The molecule has 6 heteroatoms. The lowest BCUT2D eigenvalue weighted by molar-refractivity contribution is -0.117. The first kappa shape index (κ1) is 14.5. The van der Waals surface area contributed by atoms with Crippen molar-refractivity contribution in [2.45, 2.75) is 6.04 Å². The summed E-state index contributed by atoms with van der Waals surface area (Å²) < 4.78 is 0. The van der Waals surface area contributed by atoms with Crippen molar-refractivity contribution in [3.8, 4) is 5.75 Å². The fraction of sp³-hybridized carbons (Fsp3) is 0.0667. The van der Waals surface area contributed by atoms with Gasteiger partial charge in [-0.1, -0.05) is 30.3 Å². The summed E-state index contributed by atoms with van der Waals surface area (Å²) in [7, 11) is 0. The molecule has 0 saturated carbocycles. The molecule has 0 radical (unpaired) electrons. The monoisotopic (exact) mass is 286 g/mol. The van der Waals surface area contributed by atoms with Gasteiger partial charge in [0, 0.05) is 0 Å². The standard InChI is InChI=1S/C15H14N2O4/c16-13(9-4-2-1-3-5-9)14(19)17-11-8-10(15(20)21)6-7-12(11)18/h1-8,13,18H,16H2,(H,17,19)(H,20,21)/t13-/m0/s1. The molecular formula is C15H14N2O4. The highest BCUT2D eigenvalue weighted by atomic mass is 16.4. The van der Waals surface area contributed by atoms with Crippen LogP contribution < -0.4 is 11.1 Å². The van der Waals surface area contributed by atoms with E-state index in [1.807, 2.05) is 0 Å². The van der Waals surface area contributed by atoms with Crippen molar-refractivity contribution in [1.29, 1.82) is 0 Å². The van der Waals surface area contributed by atoms with E-state index in [-0.39, 0.29) is 17.0 Å². The minimum Gasteiger partial charge on any atom is -0.506 e. The van der Waals surface area contributed by atoms with Crippen LogP contribution in [0.2, 0.25) is 0 Å². The number of carbonyl (C=O) groups excluding carboxylic acids is 1. The van der Waals surface area contributed by atoms with Gasteiger partial charge in [0.15, 0.2) is 0 Å². The molecule has 21 heavy (non-hydrogen) atoms. The van der Waals surface area contributed by atoms with Crippen LogP contribution in [0, 0.1) is 0 Å². The molecule has 1 atom stereocenters. The first-order valence-corrected chi connectivity index (χ1v) is 6.16. The number of carboxylic acid groups (broad SMARTS) is 1. The van der Waals surface area contributed by atoms with E-state index in [1.165, 1.54) is 18.2 Å². The van der Waals surface area contributed by atoms with Crippen molar-refractivity contribution < 1.29 is 19.8 Å². The number of anilines is 1. The highest BCUT2D eigenvalue weighted by Gasteiger charge is 2.17. The van der Waals surface area contributed by atoms with Crippen LogP contribution in [0.1, 0.15) is 22.0 Å². The Morgan fingerprint density at radius 2 is 1.76 bits per heavy atom. The molecule has 0 fully saturated rings. The van der Waals surface area contributed by atoms with Gasteiger partial charge in [-0.15, -0.1) is 0 Å². The van der Waals surface area contributed by atoms with Crippen LogP contribution in [0.4, 0.5) is 5.69 Å². The average Bonchev–Trinajstić information content (AvgIpc) is 2.49. The zero-order chi connectivity index (χ0) is 15.4. The van der Waals surface area contributed by atoms with Crippen LogP contribution >= 0.6 is 0 Å². The van der Waals surface area contributed by atoms with Gasteiger partial charge in [-0.05, 0) is 23.8 Å². The molecule has 5 N–H and O–H groups in total. The van der Waals surface area contributed by atoms with Gasteiger partial charge < -0.3 is 21.3 Å². The molecule has 0 aliphatic heterocycles. The van der Waals surface area contributed by atoms with Crippen molar-refractivity contribution in [2.24, 2.45) is 5.73 Å². The normalized spacial score (nSPS) is 11.7. The lowest BCUT2D eigenvalue weighted by Crippen LogP contribution is -2.27. The number of benzene rings is 2. The SMILES string of the molecule is N[C@H](C(=O)Nc1cc(C(=O)O)ccc1O)c1ccccc1. The summed E-state index contributed by atoms with van der Waals surface area (Å²) in [5.41, 5.74) is 6.40. The number of nitrogens with one attached hydrogen (secondary N) is 1. The number of rotatable bonds is 4. The number of aromatic carboxylic acids is 1. The van der Waals surface area contributed by atoms with Crippen LogP contribution in [0.5, 0.6) is 5.75 Å². The molecule has 0 bridgehead atoms. The van der Waals surface area contributed by atoms with Crippen LogP contribution in [-0.2, 0) is 4.79 Å². The third-order valence-corrected chi connectivity index (χ3v) is 2.94. The van der Waals surface area contributed by atoms with Gasteiger partial charge in [-0.3, -0.25) is 4.79 Å². The second-order valence-electron chi connectivity index (χ2n) is 4.41. The van der Waals surface area contributed by atoms with E-state index in [4.69, 9.17) is 10.8 Å². The fourth-order valence-electron chi connectivity index (χ4n) is 1.79. The number of phenolic OH excluding ortho intramolecular Hbond substituents is 1. The number of hydrogen-bond donors (Lipinski definition) is 4. The predicted molar refractivity (Wildman–Crippen MR) is 77.1 cm³/mol. The molecular weight excluding hydrogens is 272 g/mol. The minimum absolute atomic E-state index is 0.00582. The molecule has 0 aromatic heterocycles. The molecule has 6 nitrogen and oxygen atoms in total. The summed E-state index contributed by atoms with van der Waals surface area (Å²) in [6, 6.07) is 11.4.